The van der Waals surface area contributed by atoms with E-state index in [-0.39, 0.29) is 17.9 Å². The van der Waals surface area contributed by atoms with Gasteiger partial charge in [0.1, 0.15) is 0 Å². The summed E-state index contributed by atoms with van der Waals surface area (Å²) >= 11 is 13.4. The Labute approximate surface area is 85.4 Å². The molecule has 0 spiro atoms. The fourth-order valence-corrected chi connectivity index (χ4v) is 0. The van der Waals surface area contributed by atoms with Crippen LogP contribution in [0.25, 0.3) is 0 Å². The van der Waals surface area contributed by atoms with E-state index in [9.17, 15) is 0 Å². The van der Waals surface area contributed by atoms with Crippen molar-refractivity contribution < 1.29 is 19.0 Å². The molecular weight excluding hydrogens is 508 g/mol. The van der Waals surface area contributed by atoms with Crippen molar-refractivity contribution >= 4 is 69.5 Å². The third kappa shape index (κ3) is 6.96. The van der Waals surface area contributed by atoms with Crippen molar-refractivity contribution in [2.24, 2.45) is 0 Å². The van der Waals surface area contributed by atoms with Crippen LogP contribution < -0.4 is 19.0 Å². The SMILES string of the molecule is ClC(I)(I)[I-]Br. The molecule has 0 amide bonds. The first-order chi connectivity index (χ1) is 2.56. The molecule has 5 heteroatoms. The maximum atomic E-state index is 5.69. The molecule has 0 saturated heterocycles. The molecule has 0 aromatic heterocycles. The Morgan fingerprint density at radius 1 is 1.67 bits per heavy atom. The summed E-state index contributed by atoms with van der Waals surface area (Å²) in [4.78, 5) is 0. The zero-order valence-corrected chi connectivity index (χ0v) is 11.2. The number of alkyl halides is 4. The van der Waals surface area contributed by atoms with Crippen molar-refractivity contribution in [2.45, 2.75) is -1.11 Å². The molecule has 0 nitrogen and oxygen atoms in total. The summed E-state index contributed by atoms with van der Waals surface area (Å²) in [6, 6.07) is 0. The van der Waals surface area contributed by atoms with Gasteiger partial charge in [0, 0.05) is 0 Å². The summed E-state index contributed by atoms with van der Waals surface area (Å²) in [5.74, 6) is 0. The van der Waals surface area contributed by atoms with E-state index in [1.807, 2.05) is 0 Å². The van der Waals surface area contributed by atoms with Gasteiger partial charge in [-0.3, -0.25) is 0 Å². The molecule has 0 aliphatic rings. The molecule has 0 N–H and O–H groups in total. The van der Waals surface area contributed by atoms with Crippen LogP contribution in [0, 0.1) is 0 Å². The summed E-state index contributed by atoms with van der Waals surface area (Å²) in [7, 11) is 0. The summed E-state index contributed by atoms with van der Waals surface area (Å²) < 4.78 is -0.0194. The average Bonchev–Trinajstić information content (AvgIpc) is 1.35. The Balaban J connectivity index is 3.17. The van der Waals surface area contributed by atoms with E-state index in [0.717, 1.165) is 0 Å². The predicted molar refractivity (Wildman–Crippen MR) is 45.6 cm³/mol. The van der Waals surface area contributed by atoms with Gasteiger partial charge in [0.05, 0.1) is 0 Å². The zero-order valence-electron chi connectivity index (χ0n) is 2.39. The van der Waals surface area contributed by atoms with Crippen LogP contribution in [-0.2, 0) is 0 Å². The van der Waals surface area contributed by atoms with Gasteiger partial charge in [0.25, 0.3) is 0 Å². The van der Waals surface area contributed by atoms with Gasteiger partial charge >= 0.3 is 87.3 Å². The summed E-state index contributed by atoms with van der Waals surface area (Å²) in [5.41, 5.74) is 0. The average molecular weight is 508 g/mol. The van der Waals surface area contributed by atoms with Crippen molar-refractivity contribution in [3.8, 4) is 0 Å². The molecule has 40 valence electrons. The van der Waals surface area contributed by atoms with Crippen molar-refractivity contribution in [1.29, 1.82) is 0 Å². The molecule has 0 rings (SSSR count). The van der Waals surface area contributed by atoms with Crippen LogP contribution in [0.2, 0.25) is 0 Å². The Morgan fingerprint density at radius 3 is 1.83 bits per heavy atom. The van der Waals surface area contributed by atoms with E-state index >= 15 is 0 Å². The molecule has 0 aromatic rings. The number of hydrogen-bond donors (Lipinski definition) is 0. The number of halogens is 5. The first kappa shape index (κ1) is 8.96. The number of hydrogen-bond acceptors (Lipinski definition) is 0. The van der Waals surface area contributed by atoms with E-state index in [2.05, 4.69) is 57.9 Å². The molecule has 6 heavy (non-hydrogen) atoms. The Kier molecular flexibility index (Phi) is 5.80. The normalized spacial score (nSPS) is 12.7. The zero-order chi connectivity index (χ0) is 5.21. The standard InChI is InChI=1S/CBrClI3/c2-6-1(3,4)5/q-1. The second-order valence-corrected chi connectivity index (χ2v) is 16.4. The van der Waals surface area contributed by atoms with Crippen LogP contribution in [0.1, 0.15) is 0 Å². The summed E-state index contributed by atoms with van der Waals surface area (Å²) in [6.45, 7) is 0. The third-order valence-corrected chi connectivity index (χ3v) is 15.4. The second-order valence-electron chi connectivity index (χ2n) is 0.500. The van der Waals surface area contributed by atoms with Gasteiger partial charge in [-0.1, -0.05) is 0 Å². The van der Waals surface area contributed by atoms with Crippen molar-refractivity contribution in [2.75, 3.05) is 0 Å². The Bertz CT molecular complexity index is 40.5. The van der Waals surface area contributed by atoms with Crippen LogP contribution in [-0.4, -0.2) is -1.11 Å². The fraction of sp³-hybridized carbons (Fsp3) is 1.00. The molecule has 0 aromatic carbocycles. The number of rotatable bonds is 1. The monoisotopic (exact) mass is 507 g/mol. The first-order valence-electron chi connectivity index (χ1n) is 0.899. The van der Waals surface area contributed by atoms with Crippen LogP contribution in [0.15, 0.2) is 0 Å². The van der Waals surface area contributed by atoms with E-state index in [1.54, 1.807) is 0 Å². The Hall–Kier alpha value is 2.96. The minimum absolute atomic E-state index is 0.0154. The maximum absolute atomic E-state index is 5.69. The summed E-state index contributed by atoms with van der Waals surface area (Å²) in [6.07, 6.45) is 0. The van der Waals surface area contributed by atoms with Gasteiger partial charge in [0.15, 0.2) is 0 Å². The van der Waals surface area contributed by atoms with Gasteiger partial charge in [-0.05, 0) is 0 Å². The quantitative estimate of drug-likeness (QED) is 0.349. The summed E-state index contributed by atoms with van der Waals surface area (Å²) in [5, 5.41) is 0. The van der Waals surface area contributed by atoms with Crippen molar-refractivity contribution in [3.63, 3.8) is 0 Å². The Morgan fingerprint density at radius 2 is 1.83 bits per heavy atom. The van der Waals surface area contributed by atoms with Gasteiger partial charge in [-0.25, -0.2) is 0 Å². The molecule has 0 atom stereocenters. The van der Waals surface area contributed by atoms with Gasteiger partial charge in [-0.15, -0.1) is 0 Å². The molecule has 0 fully saturated rings. The third-order valence-electron chi connectivity index (χ3n) is 0.0810. The van der Waals surface area contributed by atoms with Gasteiger partial charge in [0.2, 0.25) is 0 Å². The molecule has 0 aliphatic carbocycles. The van der Waals surface area contributed by atoms with Crippen LogP contribution >= 0.6 is 69.5 Å². The van der Waals surface area contributed by atoms with Crippen LogP contribution in [0.4, 0.5) is 0 Å². The molecule has 0 radical (unpaired) electrons. The topological polar surface area (TPSA) is 0 Å². The molecular formula is CBrClI3-. The fourth-order valence-electron chi connectivity index (χ4n) is 0. The van der Waals surface area contributed by atoms with E-state index in [0.29, 0.717) is 0 Å². The van der Waals surface area contributed by atoms with Crippen molar-refractivity contribution in [3.05, 3.63) is 0 Å². The minimum atomic E-state index is -0.0194. The van der Waals surface area contributed by atoms with E-state index < -0.39 is 0 Å². The van der Waals surface area contributed by atoms with E-state index in [1.165, 1.54) is 0 Å². The van der Waals surface area contributed by atoms with Crippen molar-refractivity contribution in [1.82, 2.24) is 0 Å². The molecule has 0 bridgehead atoms. The van der Waals surface area contributed by atoms with E-state index in [4.69, 9.17) is 11.6 Å². The van der Waals surface area contributed by atoms with Crippen LogP contribution in [0.5, 0.6) is 0 Å². The molecule has 0 unspecified atom stereocenters. The van der Waals surface area contributed by atoms with Crippen LogP contribution in [0.3, 0.4) is 0 Å². The van der Waals surface area contributed by atoms with Gasteiger partial charge in [-0.2, -0.15) is 0 Å². The van der Waals surface area contributed by atoms with Gasteiger partial charge < -0.3 is 0 Å². The molecule has 0 aliphatic heterocycles. The molecule has 0 saturated carbocycles. The predicted octanol–water partition coefficient (Wildman–Crippen LogP) is 0.105. The first-order valence-corrected chi connectivity index (χ1v) is 9.35. The second kappa shape index (κ2) is 3.89. The molecule has 0 heterocycles.